The number of ether oxygens (including phenoxy) is 1. The van der Waals surface area contributed by atoms with Crippen molar-refractivity contribution in [3.63, 3.8) is 0 Å². The van der Waals surface area contributed by atoms with E-state index in [-0.39, 0.29) is 0 Å². The molecule has 6 nitrogen and oxygen atoms in total. The molecule has 0 atom stereocenters. The first-order chi connectivity index (χ1) is 14.7. The Balaban J connectivity index is 1.57. The summed E-state index contributed by atoms with van der Waals surface area (Å²) >= 11 is 0. The molecule has 3 aromatic rings. The van der Waals surface area contributed by atoms with Crippen molar-refractivity contribution in [2.24, 2.45) is 4.99 Å². The third-order valence-electron chi connectivity index (χ3n) is 4.55. The first-order valence-electron chi connectivity index (χ1n) is 10.4. The fraction of sp³-hybridized carbons (Fsp3) is 0.333. The van der Waals surface area contributed by atoms with Crippen LogP contribution in [0.1, 0.15) is 36.2 Å². The van der Waals surface area contributed by atoms with E-state index in [1.54, 1.807) is 6.26 Å². The van der Waals surface area contributed by atoms with Gasteiger partial charge in [0, 0.05) is 18.7 Å². The minimum Gasteiger partial charge on any atom is -0.444 e. The number of oxazole rings is 1. The summed E-state index contributed by atoms with van der Waals surface area (Å²) in [6, 6.07) is 16.5. The predicted octanol–water partition coefficient (Wildman–Crippen LogP) is 4.44. The van der Waals surface area contributed by atoms with Crippen molar-refractivity contribution in [1.29, 1.82) is 0 Å². The van der Waals surface area contributed by atoms with Gasteiger partial charge in [-0.25, -0.2) is 9.98 Å². The normalized spacial score (nSPS) is 11.5. The van der Waals surface area contributed by atoms with Gasteiger partial charge in [-0.1, -0.05) is 42.0 Å². The summed E-state index contributed by atoms with van der Waals surface area (Å²) in [7, 11) is 0. The Bertz CT molecular complexity index is 931. The van der Waals surface area contributed by atoms with Crippen LogP contribution in [0.3, 0.4) is 0 Å². The van der Waals surface area contributed by atoms with Gasteiger partial charge in [-0.3, -0.25) is 0 Å². The largest absolute Gasteiger partial charge is 0.444 e. The molecule has 6 heteroatoms. The zero-order valence-electron chi connectivity index (χ0n) is 17.9. The number of nitrogens with zero attached hydrogens (tertiary/aromatic N) is 2. The van der Waals surface area contributed by atoms with Crippen LogP contribution < -0.4 is 10.6 Å². The van der Waals surface area contributed by atoms with Crippen LogP contribution in [0.25, 0.3) is 11.5 Å². The zero-order chi connectivity index (χ0) is 21.2. The maximum atomic E-state index is 5.63. The summed E-state index contributed by atoms with van der Waals surface area (Å²) in [5, 5.41) is 6.58. The summed E-state index contributed by atoms with van der Waals surface area (Å²) in [4.78, 5) is 9.24. The van der Waals surface area contributed by atoms with Crippen molar-refractivity contribution in [3.8, 4) is 11.5 Å². The molecule has 30 heavy (non-hydrogen) atoms. The van der Waals surface area contributed by atoms with Gasteiger partial charge in [0.25, 0.3) is 0 Å². The van der Waals surface area contributed by atoms with Crippen LogP contribution in [0.15, 0.2) is 64.2 Å². The Kier molecular flexibility index (Phi) is 8.03. The van der Waals surface area contributed by atoms with Crippen LogP contribution >= 0.6 is 0 Å². The molecule has 1 aromatic heterocycles. The molecule has 0 radical (unpaired) electrons. The van der Waals surface area contributed by atoms with Crippen molar-refractivity contribution in [3.05, 3.63) is 77.2 Å². The first-order valence-corrected chi connectivity index (χ1v) is 10.4. The van der Waals surface area contributed by atoms with Crippen molar-refractivity contribution in [2.45, 2.75) is 40.5 Å². The molecule has 0 aliphatic heterocycles. The lowest BCUT2D eigenvalue weighted by atomic mass is 10.1. The molecule has 0 unspecified atom stereocenters. The Morgan fingerprint density at radius 3 is 2.43 bits per heavy atom. The highest BCUT2D eigenvalue weighted by Gasteiger charge is 2.07. The topological polar surface area (TPSA) is 71.7 Å². The van der Waals surface area contributed by atoms with Crippen LogP contribution in [-0.4, -0.2) is 24.1 Å². The van der Waals surface area contributed by atoms with E-state index in [1.165, 1.54) is 11.1 Å². The number of aryl methyl sites for hydroxylation is 1. The van der Waals surface area contributed by atoms with E-state index >= 15 is 0 Å². The van der Waals surface area contributed by atoms with Gasteiger partial charge in [0.1, 0.15) is 6.26 Å². The highest BCUT2D eigenvalue weighted by molar-refractivity contribution is 5.79. The monoisotopic (exact) mass is 406 g/mol. The molecule has 2 aromatic carbocycles. The Morgan fingerprint density at radius 2 is 1.73 bits per heavy atom. The lowest BCUT2D eigenvalue weighted by Crippen LogP contribution is -2.36. The molecule has 0 amide bonds. The minimum absolute atomic E-state index is 0.536. The number of aromatic nitrogens is 1. The number of aliphatic imine (C=N–C) groups is 1. The third-order valence-corrected chi connectivity index (χ3v) is 4.55. The lowest BCUT2D eigenvalue weighted by Gasteiger charge is -2.10. The molecule has 2 N–H and O–H groups in total. The summed E-state index contributed by atoms with van der Waals surface area (Å²) in [5.41, 5.74) is 5.33. The standard InChI is InChI=1S/C24H30N4O2/c1-4-25-24(26-14-19-8-10-20(11-9-19)16-29-5-2)27-15-22-17-30-23(28-22)21-12-6-18(3)7-13-21/h6-13,17H,4-5,14-16H2,1-3H3,(H2,25,26,27). The molecule has 1 heterocycles. The maximum Gasteiger partial charge on any atom is 0.226 e. The number of guanidine groups is 1. The van der Waals surface area contributed by atoms with Crippen LogP contribution in [0.2, 0.25) is 0 Å². The molecule has 0 fully saturated rings. The molecule has 158 valence electrons. The smallest absolute Gasteiger partial charge is 0.226 e. The summed E-state index contributed by atoms with van der Waals surface area (Å²) in [6.45, 7) is 9.39. The van der Waals surface area contributed by atoms with E-state index in [4.69, 9.17) is 9.15 Å². The third kappa shape index (κ3) is 6.46. The van der Waals surface area contributed by atoms with E-state index in [0.717, 1.165) is 35.9 Å². The molecule has 3 rings (SSSR count). The molecule has 0 aliphatic carbocycles. The molecule has 0 spiro atoms. The summed E-state index contributed by atoms with van der Waals surface area (Å²) in [5.74, 6) is 1.37. The van der Waals surface area contributed by atoms with E-state index in [0.29, 0.717) is 25.6 Å². The van der Waals surface area contributed by atoms with E-state index in [1.807, 2.05) is 26.0 Å². The van der Waals surface area contributed by atoms with Gasteiger partial charge < -0.3 is 19.8 Å². The van der Waals surface area contributed by atoms with Gasteiger partial charge in [0.15, 0.2) is 5.96 Å². The summed E-state index contributed by atoms with van der Waals surface area (Å²) in [6.07, 6.45) is 1.68. The van der Waals surface area contributed by atoms with Crippen molar-refractivity contribution < 1.29 is 9.15 Å². The molecule has 0 aliphatic rings. The van der Waals surface area contributed by atoms with Crippen LogP contribution in [0.4, 0.5) is 0 Å². The number of hydrogen-bond acceptors (Lipinski definition) is 4. The van der Waals surface area contributed by atoms with E-state index in [2.05, 4.69) is 63.9 Å². The average molecular weight is 407 g/mol. The molecule has 0 saturated heterocycles. The highest BCUT2D eigenvalue weighted by Crippen LogP contribution is 2.19. The minimum atomic E-state index is 0.536. The maximum absolute atomic E-state index is 5.63. The Hall–Kier alpha value is -3.12. The first kappa shape index (κ1) is 21.6. The van der Waals surface area contributed by atoms with Crippen molar-refractivity contribution in [2.75, 3.05) is 13.2 Å². The quantitative estimate of drug-likeness (QED) is 0.406. The second kappa shape index (κ2) is 11.2. The number of benzene rings is 2. The van der Waals surface area contributed by atoms with E-state index < -0.39 is 0 Å². The van der Waals surface area contributed by atoms with Crippen molar-refractivity contribution >= 4 is 5.96 Å². The molecule has 0 bridgehead atoms. The Morgan fingerprint density at radius 1 is 1.00 bits per heavy atom. The summed E-state index contributed by atoms with van der Waals surface area (Å²) < 4.78 is 11.1. The average Bonchev–Trinajstić information content (AvgIpc) is 3.24. The number of rotatable bonds is 9. The van der Waals surface area contributed by atoms with Crippen LogP contribution in [0, 0.1) is 6.92 Å². The van der Waals surface area contributed by atoms with Gasteiger partial charge in [0.2, 0.25) is 5.89 Å². The van der Waals surface area contributed by atoms with E-state index in [9.17, 15) is 0 Å². The van der Waals surface area contributed by atoms with Crippen LogP contribution in [0.5, 0.6) is 0 Å². The molecular formula is C24H30N4O2. The van der Waals surface area contributed by atoms with Gasteiger partial charge in [-0.05, 0) is 44.0 Å². The van der Waals surface area contributed by atoms with Gasteiger partial charge in [-0.2, -0.15) is 0 Å². The van der Waals surface area contributed by atoms with Gasteiger partial charge >= 0.3 is 0 Å². The number of nitrogens with one attached hydrogen (secondary N) is 2. The molecular weight excluding hydrogens is 376 g/mol. The molecule has 0 saturated carbocycles. The highest BCUT2D eigenvalue weighted by atomic mass is 16.5. The Labute approximate surface area is 178 Å². The second-order valence-corrected chi connectivity index (χ2v) is 7.01. The fourth-order valence-electron chi connectivity index (χ4n) is 2.86. The second-order valence-electron chi connectivity index (χ2n) is 7.01. The predicted molar refractivity (Wildman–Crippen MR) is 120 cm³/mol. The van der Waals surface area contributed by atoms with Gasteiger partial charge in [0.05, 0.1) is 25.4 Å². The lowest BCUT2D eigenvalue weighted by molar-refractivity contribution is 0.134. The SMILES string of the molecule is CCNC(=NCc1ccc(COCC)cc1)NCc1coc(-c2ccc(C)cc2)n1. The fourth-order valence-corrected chi connectivity index (χ4v) is 2.86. The number of hydrogen-bond donors (Lipinski definition) is 2. The van der Waals surface area contributed by atoms with Crippen LogP contribution in [-0.2, 0) is 24.4 Å². The van der Waals surface area contributed by atoms with Crippen molar-refractivity contribution in [1.82, 2.24) is 15.6 Å². The zero-order valence-corrected chi connectivity index (χ0v) is 17.9. The van der Waals surface area contributed by atoms with Gasteiger partial charge in [-0.15, -0.1) is 0 Å².